The van der Waals surface area contributed by atoms with Gasteiger partial charge in [-0.15, -0.1) is 0 Å². The Kier molecular flexibility index (Phi) is 6.68. The van der Waals surface area contributed by atoms with Crippen LogP contribution in [-0.4, -0.2) is 45.7 Å². The van der Waals surface area contributed by atoms with Crippen molar-refractivity contribution in [3.8, 4) is 0 Å². The van der Waals surface area contributed by atoms with E-state index < -0.39 is 15.7 Å². The molecule has 0 amide bonds. The smallest absolute Gasteiger partial charge is 0.193 e. The topological polar surface area (TPSA) is 61.8 Å². The number of sulfone groups is 1. The van der Waals surface area contributed by atoms with E-state index in [1.54, 1.807) is 31.1 Å². The molecule has 0 aliphatic heterocycles. The molecule has 26 heavy (non-hydrogen) atoms. The molecule has 0 spiro atoms. The second kappa shape index (κ2) is 8.75. The van der Waals surface area contributed by atoms with Crippen LogP contribution < -0.4 is 5.32 Å². The van der Waals surface area contributed by atoms with E-state index in [-0.39, 0.29) is 23.0 Å². The molecule has 0 fully saturated rings. The minimum absolute atomic E-state index is 0.0663. The Hall–Kier alpha value is -2.48. The van der Waals surface area contributed by atoms with Crippen LogP contribution in [0.25, 0.3) is 0 Å². The summed E-state index contributed by atoms with van der Waals surface area (Å²) in [5.41, 5.74) is 0.759. The van der Waals surface area contributed by atoms with Gasteiger partial charge in [0.15, 0.2) is 15.8 Å². The van der Waals surface area contributed by atoms with E-state index in [2.05, 4.69) is 10.3 Å². The van der Waals surface area contributed by atoms with E-state index in [1.165, 1.54) is 30.3 Å². The lowest BCUT2D eigenvalue weighted by molar-refractivity contribution is 0.476. The highest BCUT2D eigenvalue weighted by atomic mass is 32.2. The third-order valence-electron chi connectivity index (χ3n) is 3.71. The zero-order valence-corrected chi connectivity index (χ0v) is 15.4. The van der Waals surface area contributed by atoms with Gasteiger partial charge in [0.05, 0.1) is 5.75 Å². The fraction of sp³-hybridized carbons (Fsp3) is 0.278. The number of halogens is 2. The van der Waals surface area contributed by atoms with Crippen molar-refractivity contribution in [2.75, 3.05) is 26.4 Å². The molecule has 0 aromatic heterocycles. The lowest BCUT2D eigenvalue weighted by atomic mass is 10.2. The van der Waals surface area contributed by atoms with Gasteiger partial charge in [-0.25, -0.2) is 17.2 Å². The number of rotatable bonds is 6. The third kappa shape index (κ3) is 5.26. The quantitative estimate of drug-likeness (QED) is 0.617. The van der Waals surface area contributed by atoms with Gasteiger partial charge in [-0.1, -0.05) is 24.3 Å². The van der Waals surface area contributed by atoms with Crippen molar-refractivity contribution < 1.29 is 17.2 Å². The van der Waals surface area contributed by atoms with Crippen molar-refractivity contribution in [1.29, 1.82) is 0 Å². The zero-order valence-electron chi connectivity index (χ0n) is 14.6. The minimum Gasteiger partial charge on any atom is -0.355 e. The molecule has 0 atom stereocenters. The first-order valence-electron chi connectivity index (χ1n) is 7.97. The molecular weight excluding hydrogens is 360 g/mol. The van der Waals surface area contributed by atoms with Crippen molar-refractivity contribution >= 4 is 15.8 Å². The van der Waals surface area contributed by atoms with Gasteiger partial charge in [0.25, 0.3) is 0 Å². The van der Waals surface area contributed by atoms with Crippen molar-refractivity contribution in [1.82, 2.24) is 10.2 Å². The highest BCUT2D eigenvalue weighted by molar-refractivity contribution is 7.91. The van der Waals surface area contributed by atoms with Crippen molar-refractivity contribution in [3.63, 3.8) is 0 Å². The molecule has 0 bridgehead atoms. The van der Waals surface area contributed by atoms with E-state index in [0.29, 0.717) is 12.5 Å². The molecule has 2 aromatic carbocycles. The van der Waals surface area contributed by atoms with Gasteiger partial charge in [-0.3, -0.25) is 4.99 Å². The Balaban J connectivity index is 1.95. The molecule has 0 saturated heterocycles. The first kappa shape index (κ1) is 19.8. The van der Waals surface area contributed by atoms with Crippen LogP contribution in [0.15, 0.2) is 58.4 Å². The number of guanidine groups is 1. The van der Waals surface area contributed by atoms with Crippen LogP contribution in [-0.2, 0) is 16.4 Å². The van der Waals surface area contributed by atoms with Crippen LogP contribution in [0.2, 0.25) is 0 Å². The summed E-state index contributed by atoms with van der Waals surface area (Å²) >= 11 is 0. The lowest BCUT2D eigenvalue weighted by Gasteiger charge is -2.22. The number of hydrogen-bond acceptors (Lipinski definition) is 3. The second-order valence-corrected chi connectivity index (χ2v) is 7.79. The molecule has 0 aliphatic carbocycles. The van der Waals surface area contributed by atoms with Gasteiger partial charge in [-0.05, 0) is 29.8 Å². The third-order valence-corrected chi connectivity index (χ3v) is 5.45. The van der Waals surface area contributed by atoms with Crippen molar-refractivity contribution in [3.05, 3.63) is 65.7 Å². The van der Waals surface area contributed by atoms with Gasteiger partial charge < -0.3 is 10.2 Å². The molecule has 0 aliphatic rings. The lowest BCUT2D eigenvalue weighted by Crippen LogP contribution is -2.40. The maximum absolute atomic E-state index is 13.7. The molecule has 140 valence electrons. The Morgan fingerprint density at radius 1 is 1.15 bits per heavy atom. The maximum atomic E-state index is 13.7. The predicted octanol–water partition coefficient (Wildman–Crippen LogP) is 2.45. The van der Waals surface area contributed by atoms with Crippen molar-refractivity contribution in [2.45, 2.75) is 11.4 Å². The zero-order chi connectivity index (χ0) is 19.2. The molecule has 5 nitrogen and oxygen atoms in total. The summed E-state index contributed by atoms with van der Waals surface area (Å²) < 4.78 is 51.4. The normalized spacial score (nSPS) is 12.1. The molecule has 1 N–H and O–H groups in total. The van der Waals surface area contributed by atoms with Crippen LogP contribution in [0.3, 0.4) is 0 Å². The van der Waals surface area contributed by atoms with Crippen LogP contribution >= 0.6 is 0 Å². The average molecular weight is 381 g/mol. The molecule has 0 saturated carbocycles. The summed E-state index contributed by atoms with van der Waals surface area (Å²) in [6.07, 6.45) is 0. The SMILES string of the molecule is CN=C(NCCS(=O)(=O)c1ccccc1F)N(C)Cc1cccc(F)c1. The summed E-state index contributed by atoms with van der Waals surface area (Å²) in [7, 11) is -0.425. The van der Waals surface area contributed by atoms with Gasteiger partial charge in [0.1, 0.15) is 16.5 Å². The summed E-state index contributed by atoms with van der Waals surface area (Å²) in [6, 6.07) is 11.5. The molecule has 0 heterocycles. The Morgan fingerprint density at radius 2 is 1.88 bits per heavy atom. The van der Waals surface area contributed by atoms with Crippen LogP contribution in [0, 0.1) is 11.6 Å². The largest absolute Gasteiger partial charge is 0.355 e. The summed E-state index contributed by atoms with van der Waals surface area (Å²) in [6.45, 7) is 0.467. The highest BCUT2D eigenvalue weighted by Gasteiger charge is 2.18. The van der Waals surface area contributed by atoms with Crippen LogP contribution in [0.1, 0.15) is 5.56 Å². The summed E-state index contributed by atoms with van der Waals surface area (Å²) in [5, 5.41) is 2.93. The first-order valence-corrected chi connectivity index (χ1v) is 9.62. The maximum Gasteiger partial charge on any atom is 0.193 e. The summed E-state index contributed by atoms with van der Waals surface area (Å²) in [4.78, 5) is 5.51. The molecule has 0 unspecified atom stereocenters. The van der Waals surface area contributed by atoms with Gasteiger partial charge in [-0.2, -0.15) is 0 Å². The van der Waals surface area contributed by atoms with Gasteiger partial charge >= 0.3 is 0 Å². The Labute approximate surface area is 152 Å². The fourth-order valence-corrected chi connectivity index (χ4v) is 3.71. The highest BCUT2D eigenvalue weighted by Crippen LogP contribution is 2.14. The van der Waals surface area contributed by atoms with E-state index in [9.17, 15) is 17.2 Å². The Morgan fingerprint density at radius 3 is 2.54 bits per heavy atom. The van der Waals surface area contributed by atoms with E-state index >= 15 is 0 Å². The number of aliphatic imine (C=N–C) groups is 1. The van der Waals surface area contributed by atoms with Crippen molar-refractivity contribution in [2.24, 2.45) is 4.99 Å². The minimum atomic E-state index is -3.75. The molecule has 8 heteroatoms. The molecule has 2 rings (SSSR count). The number of nitrogens with one attached hydrogen (secondary N) is 1. The standard InChI is InChI=1S/C18H21F2N3O2S/c1-21-18(23(2)13-14-6-5-7-15(19)12-14)22-10-11-26(24,25)17-9-4-3-8-16(17)20/h3-9,12H,10-11,13H2,1-2H3,(H,21,22). The Bertz CT molecular complexity index is 886. The molecular formula is C18H21F2N3O2S. The van der Waals surface area contributed by atoms with Crippen LogP contribution in [0.4, 0.5) is 8.78 Å². The van der Waals surface area contributed by atoms with E-state index in [4.69, 9.17) is 0 Å². The average Bonchev–Trinajstić information content (AvgIpc) is 2.59. The van der Waals surface area contributed by atoms with Gasteiger partial charge in [0.2, 0.25) is 0 Å². The molecule has 0 radical (unpaired) electrons. The first-order chi connectivity index (χ1) is 12.3. The predicted molar refractivity (Wildman–Crippen MR) is 97.7 cm³/mol. The van der Waals surface area contributed by atoms with Gasteiger partial charge in [0, 0.05) is 27.2 Å². The van der Waals surface area contributed by atoms with E-state index in [1.807, 2.05) is 0 Å². The second-order valence-electron chi connectivity index (χ2n) is 5.71. The summed E-state index contributed by atoms with van der Waals surface area (Å²) in [5.74, 6) is -0.909. The van der Waals surface area contributed by atoms with Crippen LogP contribution in [0.5, 0.6) is 0 Å². The number of hydrogen-bond donors (Lipinski definition) is 1. The monoisotopic (exact) mass is 381 g/mol. The number of nitrogens with zero attached hydrogens (tertiary/aromatic N) is 2. The fourth-order valence-electron chi connectivity index (χ4n) is 2.47. The number of benzene rings is 2. The van der Waals surface area contributed by atoms with E-state index in [0.717, 1.165) is 11.6 Å². The molecule has 2 aromatic rings.